The largest absolute Gasteiger partial charge is 0.395 e. The first-order valence-electron chi connectivity index (χ1n) is 7.90. The highest BCUT2D eigenvalue weighted by Gasteiger charge is 2.26. The molecule has 1 aliphatic rings. The van der Waals surface area contributed by atoms with E-state index in [1.807, 2.05) is 30.0 Å². The molecule has 1 saturated heterocycles. The van der Waals surface area contributed by atoms with Gasteiger partial charge in [0.05, 0.1) is 12.6 Å². The third kappa shape index (κ3) is 4.55. The van der Waals surface area contributed by atoms with Gasteiger partial charge in [-0.15, -0.1) is 0 Å². The highest BCUT2D eigenvalue weighted by molar-refractivity contribution is 5.81. The molecule has 1 aromatic rings. The smallest absolute Gasteiger partial charge is 0.239 e. The van der Waals surface area contributed by atoms with E-state index < -0.39 is 0 Å². The number of nitrogens with zero attached hydrogens (tertiary/aromatic N) is 2. The van der Waals surface area contributed by atoms with Crippen LogP contribution in [0, 0.1) is 0 Å². The maximum absolute atomic E-state index is 12.6. The summed E-state index contributed by atoms with van der Waals surface area (Å²) in [5.74, 6) is 0.194. The molecule has 1 atom stereocenters. The lowest BCUT2D eigenvalue weighted by Crippen LogP contribution is -2.49. The highest BCUT2D eigenvalue weighted by Crippen LogP contribution is 2.14. The Kier molecular flexibility index (Phi) is 6.21. The van der Waals surface area contributed by atoms with Crippen LogP contribution in [0.2, 0.25) is 0 Å². The molecule has 116 valence electrons. The molecule has 0 saturated carbocycles. The predicted octanol–water partition coefficient (Wildman–Crippen LogP) is 1.88. The van der Waals surface area contributed by atoms with Gasteiger partial charge in [0, 0.05) is 26.2 Å². The summed E-state index contributed by atoms with van der Waals surface area (Å²) in [4.78, 5) is 16.6. The van der Waals surface area contributed by atoms with Crippen LogP contribution in [0.25, 0.3) is 0 Å². The molecule has 1 N–H and O–H groups in total. The molecule has 0 spiro atoms. The van der Waals surface area contributed by atoms with Crippen LogP contribution in [-0.4, -0.2) is 53.1 Å². The number of aliphatic hydroxyl groups excluding tert-OH is 1. The lowest BCUT2D eigenvalue weighted by Gasteiger charge is -2.34. The maximum atomic E-state index is 12.6. The van der Waals surface area contributed by atoms with E-state index in [0.717, 1.165) is 25.9 Å². The molecule has 0 bridgehead atoms. The average molecular weight is 290 g/mol. The molecule has 0 aliphatic carbocycles. The third-order valence-corrected chi connectivity index (χ3v) is 4.19. The van der Waals surface area contributed by atoms with Crippen molar-refractivity contribution in [2.45, 2.75) is 38.8 Å². The summed E-state index contributed by atoms with van der Waals surface area (Å²) >= 11 is 0. The van der Waals surface area contributed by atoms with Crippen LogP contribution < -0.4 is 0 Å². The molecular weight excluding hydrogens is 264 g/mol. The molecule has 0 aromatic heterocycles. The summed E-state index contributed by atoms with van der Waals surface area (Å²) < 4.78 is 0. The van der Waals surface area contributed by atoms with Gasteiger partial charge in [-0.1, -0.05) is 30.3 Å². The molecule has 21 heavy (non-hydrogen) atoms. The van der Waals surface area contributed by atoms with Crippen molar-refractivity contribution in [2.24, 2.45) is 0 Å². The first-order valence-corrected chi connectivity index (χ1v) is 7.90. The van der Waals surface area contributed by atoms with E-state index in [1.54, 1.807) is 0 Å². The number of amides is 1. The Labute approximate surface area is 127 Å². The Morgan fingerprint density at radius 3 is 2.52 bits per heavy atom. The Bertz CT molecular complexity index is 430. The number of piperidine rings is 1. The zero-order chi connectivity index (χ0) is 15.1. The third-order valence-electron chi connectivity index (χ3n) is 4.19. The van der Waals surface area contributed by atoms with Crippen molar-refractivity contribution in [1.82, 2.24) is 9.80 Å². The zero-order valence-corrected chi connectivity index (χ0v) is 12.9. The van der Waals surface area contributed by atoms with Gasteiger partial charge in [-0.2, -0.15) is 0 Å². The van der Waals surface area contributed by atoms with E-state index in [4.69, 9.17) is 0 Å². The number of hydrogen-bond acceptors (Lipinski definition) is 3. The fourth-order valence-electron chi connectivity index (χ4n) is 2.89. The van der Waals surface area contributed by atoms with E-state index in [2.05, 4.69) is 17.0 Å². The van der Waals surface area contributed by atoms with Crippen LogP contribution >= 0.6 is 0 Å². The monoisotopic (exact) mass is 290 g/mol. The SMILES string of the molecule is CC(C(=O)N1CCCCC1)N(CCO)Cc1ccccc1. The molecule has 1 unspecified atom stereocenters. The van der Waals surface area contributed by atoms with Crippen molar-refractivity contribution < 1.29 is 9.90 Å². The van der Waals surface area contributed by atoms with Crippen LogP contribution in [0.5, 0.6) is 0 Å². The Morgan fingerprint density at radius 2 is 1.90 bits per heavy atom. The number of benzene rings is 1. The van der Waals surface area contributed by atoms with Gasteiger partial charge in [0.2, 0.25) is 5.91 Å². The lowest BCUT2D eigenvalue weighted by atomic mass is 10.1. The normalized spacial score (nSPS) is 17.0. The minimum Gasteiger partial charge on any atom is -0.395 e. The van der Waals surface area contributed by atoms with Crippen LogP contribution in [0.3, 0.4) is 0 Å². The molecule has 1 aliphatic heterocycles. The molecule has 0 radical (unpaired) electrons. The number of carbonyl (C=O) groups excluding carboxylic acids is 1. The van der Waals surface area contributed by atoms with Crippen LogP contribution in [0.1, 0.15) is 31.7 Å². The van der Waals surface area contributed by atoms with Crippen molar-refractivity contribution in [1.29, 1.82) is 0 Å². The van der Waals surface area contributed by atoms with E-state index in [-0.39, 0.29) is 18.6 Å². The Hall–Kier alpha value is -1.39. The second-order valence-corrected chi connectivity index (χ2v) is 5.74. The summed E-state index contributed by atoms with van der Waals surface area (Å²) in [6.45, 7) is 5.00. The lowest BCUT2D eigenvalue weighted by molar-refractivity contribution is -0.137. The number of likely N-dealkylation sites (tertiary alicyclic amines) is 1. The summed E-state index contributed by atoms with van der Waals surface area (Å²) in [6.07, 6.45) is 3.44. The Balaban J connectivity index is 2.00. The molecule has 2 rings (SSSR count). The highest BCUT2D eigenvalue weighted by atomic mass is 16.3. The number of hydrogen-bond donors (Lipinski definition) is 1. The first-order chi connectivity index (χ1) is 10.2. The van der Waals surface area contributed by atoms with Crippen LogP contribution in [-0.2, 0) is 11.3 Å². The molecule has 1 aromatic carbocycles. The minimum atomic E-state index is -0.185. The Morgan fingerprint density at radius 1 is 1.24 bits per heavy atom. The van der Waals surface area contributed by atoms with Gasteiger partial charge in [-0.3, -0.25) is 9.69 Å². The van der Waals surface area contributed by atoms with Gasteiger partial charge in [0.1, 0.15) is 0 Å². The molecule has 1 fully saturated rings. The topological polar surface area (TPSA) is 43.8 Å². The van der Waals surface area contributed by atoms with Crippen molar-refractivity contribution in [3.63, 3.8) is 0 Å². The van der Waals surface area contributed by atoms with E-state index in [0.29, 0.717) is 13.1 Å². The molecular formula is C17H26N2O2. The number of rotatable bonds is 6. The van der Waals surface area contributed by atoms with Crippen molar-refractivity contribution in [3.8, 4) is 0 Å². The molecule has 4 heteroatoms. The van der Waals surface area contributed by atoms with Crippen LogP contribution in [0.15, 0.2) is 30.3 Å². The summed E-state index contributed by atoms with van der Waals surface area (Å²) in [5, 5.41) is 9.29. The predicted molar refractivity (Wildman–Crippen MR) is 83.8 cm³/mol. The molecule has 1 heterocycles. The van der Waals surface area contributed by atoms with E-state index in [9.17, 15) is 9.90 Å². The zero-order valence-electron chi connectivity index (χ0n) is 12.9. The molecule has 1 amide bonds. The first kappa shape index (κ1) is 16.0. The van der Waals surface area contributed by atoms with Gasteiger partial charge in [0.15, 0.2) is 0 Å². The second kappa shape index (κ2) is 8.15. The summed E-state index contributed by atoms with van der Waals surface area (Å²) in [7, 11) is 0. The number of aliphatic hydroxyl groups is 1. The minimum absolute atomic E-state index is 0.0739. The van der Waals surface area contributed by atoms with Crippen molar-refractivity contribution in [2.75, 3.05) is 26.2 Å². The maximum Gasteiger partial charge on any atom is 0.239 e. The average Bonchev–Trinajstić information content (AvgIpc) is 2.55. The van der Waals surface area contributed by atoms with Gasteiger partial charge in [-0.05, 0) is 31.7 Å². The van der Waals surface area contributed by atoms with Crippen LogP contribution in [0.4, 0.5) is 0 Å². The van der Waals surface area contributed by atoms with Crippen molar-refractivity contribution in [3.05, 3.63) is 35.9 Å². The molecule has 4 nitrogen and oxygen atoms in total. The second-order valence-electron chi connectivity index (χ2n) is 5.74. The van der Waals surface area contributed by atoms with Gasteiger partial charge < -0.3 is 10.0 Å². The van der Waals surface area contributed by atoms with Gasteiger partial charge in [-0.25, -0.2) is 0 Å². The summed E-state index contributed by atoms with van der Waals surface area (Å²) in [6, 6.07) is 9.93. The van der Waals surface area contributed by atoms with E-state index in [1.165, 1.54) is 12.0 Å². The fourth-order valence-corrected chi connectivity index (χ4v) is 2.89. The van der Waals surface area contributed by atoms with E-state index >= 15 is 0 Å². The quantitative estimate of drug-likeness (QED) is 0.870. The summed E-state index contributed by atoms with van der Waals surface area (Å²) in [5.41, 5.74) is 1.17. The van der Waals surface area contributed by atoms with Gasteiger partial charge in [0.25, 0.3) is 0 Å². The van der Waals surface area contributed by atoms with Gasteiger partial charge >= 0.3 is 0 Å². The fraction of sp³-hybridized carbons (Fsp3) is 0.588. The standard InChI is InChI=1S/C17H26N2O2/c1-15(17(21)18-10-6-3-7-11-18)19(12-13-20)14-16-8-4-2-5-9-16/h2,4-5,8-9,15,20H,3,6-7,10-14H2,1H3. The van der Waals surface area contributed by atoms with Crippen molar-refractivity contribution >= 4 is 5.91 Å². The number of carbonyl (C=O) groups is 1.